The molecule has 124 valence electrons. The highest BCUT2D eigenvalue weighted by molar-refractivity contribution is 6.02. The summed E-state index contributed by atoms with van der Waals surface area (Å²) in [5.41, 5.74) is 2.74. The summed E-state index contributed by atoms with van der Waals surface area (Å²) < 4.78 is 5.30. The first-order valence-electron chi connectivity index (χ1n) is 7.89. The summed E-state index contributed by atoms with van der Waals surface area (Å²) in [5, 5.41) is 2.92. The zero-order valence-electron chi connectivity index (χ0n) is 13.8. The topological polar surface area (TPSA) is 58.6 Å². The molecule has 0 unspecified atom stereocenters. The lowest BCUT2D eigenvalue weighted by atomic mass is 10.1. The van der Waals surface area contributed by atoms with Gasteiger partial charge in [-0.25, -0.2) is 0 Å². The number of anilines is 1. The molecule has 0 fully saturated rings. The Bertz CT molecular complexity index is 773. The number of benzene rings is 2. The normalized spacial score (nSPS) is 15.8. The fourth-order valence-corrected chi connectivity index (χ4v) is 3.13. The highest BCUT2D eigenvalue weighted by Gasteiger charge is 2.36. The van der Waals surface area contributed by atoms with Gasteiger partial charge in [0.2, 0.25) is 11.8 Å². The van der Waals surface area contributed by atoms with Crippen molar-refractivity contribution in [2.24, 2.45) is 0 Å². The molecule has 2 aromatic rings. The van der Waals surface area contributed by atoms with Crippen LogP contribution in [0.4, 0.5) is 5.69 Å². The van der Waals surface area contributed by atoms with Gasteiger partial charge in [0.05, 0.1) is 7.11 Å². The van der Waals surface area contributed by atoms with Crippen molar-refractivity contribution in [2.75, 3.05) is 12.0 Å². The van der Waals surface area contributed by atoms with Gasteiger partial charge in [0.25, 0.3) is 0 Å². The van der Waals surface area contributed by atoms with Crippen LogP contribution in [0.3, 0.4) is 0 Å². The number of fused-ring (bicyclic) bond motifs is 1. The van der Waals surface area contributed by atoms with Crippen molar-refractivity contribution < 1.29 is 14.3 Å². The first kappa shape index (κ1) is 16.1. The lowest BCUT2D eigenvalue weighted by Crippen LogP contribution is -2.47. The van der Waals surface area contributed by atoms with E-state index in [1.54, 1.807) is 12.0 Å². The number of hydrogen-bond acceptors (Lipinski definition) is 3. The molecule has 0 bridgehead atoms. The number of methoxy groups -OCH3 is 1. The Morgan fingerprint density at radius 1 is 1.17 bits per heavy atom. The number of para-hydroxylation sites is 2. The summed E-state index contributed by atoms with van der Waals surface area (Å²) in [6.07, 6.45) is 0.535. The molecule has 1 heterocycles. The highest BCUT2D eigenvalue weighted by atomic mass is 16.5. The molecular weight excluding hydrogens is 304 g/mol. The molecule has 5 nitrogen and oxygen atoms in total. The van der Waals surface area contributed by atoms with Crippen LogP contribution >= 0.6 is 0 Å². The van der Waals surface area contributed by atoms with Gasteiger partial charge in [-0.3, -0.25) is 14.5 Å². The van der Waals surface area contributed by atoms with Crippen molar-refractivity contribution in [2.45, 2.75) is 25.9 Å². The van der Waals surface area contributed by atoms with Crippen molar-refractivity contribution >= 4 is 17.5 Å². The quantitative estimate of drug-likeness (QED) is 0.939. The van der Waals surface area contributed by atoms with Crippen molar-refractivity contribution in [3.63, 3.8) is 0 Å². The van der Waals surface area contributed by atoms with Gasteiger partial charge < -0.3 is 10.1 Å². The SMILES string of the molecule is COc1ccccc1CNC(=O)[C@@H]1Cc2ccccc2N1C(C)=O. The molecular formula is C19H20N2O3. The number of carbonyl (C=O) groups is 2. The second-order valence-electron chi connectivity index (χ2n) is 5.77. The van der Waals surface area contributed by atoms with Crippen LogP contribution in [-0.4, -0.2) is 25.0 Å². The molecule has 0 aliphatic carbocycles. The summed E-state index contributed by atoms with van der Waals surface area (Å²) in [6, 6.07) is 14.7. The Hall–Kier alpha value is -2.82. The molecule has 0 saturated heterocycles. The molecule has 0 radical (unpaired) electrons. The third-order valence-electron chi connectivity index (χ3n) is 4.26. The van der Waals surface area contributed by atoms with Gasteiger partial charge >= 0.3 is 0 Å². The van der Waals surface area contributed by atoms with E-state index in [1.807, 2.05) is 48.5 Å². The minimum atomic E-state index is -0.505. The Balaban J connectivity index is 1.75. The van der Waals surface area contributed by atoms with Gasteiger partial charge in [-0.05, 0) is 17.7 Å². The molecule has 1 aliphatic rings. The fourth-order valence-electron chi connectivity index (χ4n) is 3.13. The predicted octanol–water partition coefficient (Wildman–Crippen LogP) is 2.29. The van der Waals surface area contributed by atoms with Crippen LogP contribution in [0.5, 0.6) is 5.75 Å². The van der Waals surface area contributed by atoms with Gasteiger partial charge in [0, 0.05) is 31.1 Å². The number of amides is 2. The molecule has 5 heteroatoms. The molecule has 0 spiro atoms. The lowest BCUT2D eigenvalue weighted by Gasteiger charge is -2.23. The Labute approximate surface area is 141 Å². The standard InChI is InChI=1S/C19H20N2O3/c1-13(22)21-16-9-5-3-7-14(16)11-17(21)19(23)20-12-15-8-4-6-10-18(15)24-2/h3-10,17H,11-12H2,1-2H3,(H,20,23)/t17-/m0/s1. The highest BCUT2D eigenvalue weighted by Crippen LogP contribution is 2.32. The lowest BCUT2D eigenvalue weighted by molar-refractivity contribution is -0.125. The molecule has 3 rings (SSSR count). The number of nitrogens with one attached hydrogen (secondary N) is 1. The van der Waals surface area contributed by atoms with Crippen molar-refractivity contribution in [3.8, 4) is 5.75 Å². The van der Waals surface area contributed by atoms with Crippen molar-refractivity contribution in [1.82, 2.24) is 5.32 Å². The molecule has 0 aromatic heterocycles. The van der Waals surface area contributed by atoms with Crippen LogP contribution in [0.25, 0.3) is 0 Å². The van der Waals surface area contributed by atoms with E-state index in [0.717, 1.165) is 22.6 Å². The molecule has 1 N–H and O–H groups in total. The molecule has 24 heavy (non-hydrogen) atoms. The van der Waals surface area contributed by atoms with E-state index in [-0.39, 0.29) is 11.8 Å². The molecule has 0 saturated carbocycles. The zero-order chi connectivity index (χ0) is 17.1. The maximum absolute atomic E-state index is 12.7. The smallest absolute Gasteiger partial charge is 0.243 e. The first-order chi connectivity index (χ1) is 11.6. The zero-order valence-corrected chi connectivity index (χ0v) is 13.8. The first-order valence-corrected chi connectivity index (χ1v) is 7.89. The number of rotatable bonds is 4. The third kappa shape index (κ3) is 2.97. The van der Waals surface area contributed by atoms with Gasteiger partial charge in [0.15, 0.2) is 0 Å². The van der Waals surface area contributed by atoms with Crippen LogP contribution in [0, 0.1) is 0 Å². The number of ether oxygens (including phenoxy) is 1. The van der Waals surface area contributed by atoms with Crippen molar-refractivity contribution in [1.29, 1.82) is 0 Å². The van der Waals surface area contributed by atoms with Gasteiger partial charge in [-0.2, -0.15) is 0 Å². The average Bonchev–Trinajstić information content (AvgIpc) is 2.99. The third-order valence-corrected chi connectivity index (χ3v) is 4.26. The predicted molar refractivity (Wildman–Crippen MR) is 91.9 cm³/mol. The van der Waals surface area contributed by atoms with E-state index < -0.39 is 6.04 Å². The molecule has 1 aliphatic heterocycles. The van der Waals surface area contributed by atoms with E-state index in [2.05, 4.69) is 5.32 Å². The van der Waals surface area contributed by atoms with Crippen molar-refractivity contribution in [3.05, 3.63) is 59.7 Å². The Morgan fingerprint density at radius 2 is 1.88 bits per heavy atom. The molecule has 2 amide bonds. The summed E-state index contributed by atoms with van der Waals surface area (Å²) in [4.78, 5) is 26.3. The minimum Gasteiger partial charge on any atom is -0.496 e. The summed E-state index contributed by atoms with van der Waals surface area (Å²) in [7, 11) is 1.60. The summed E-state index contributed by atoms with van der Waals surface area (Å²) >= 11 is 0. The second kappa shape index (κ2) is 6.74. The maximum atomic E-state index is 12.7. The van der Waals surface area contributed by atoms with E-state index in [9.17, 15) is 9.59 Å². The van der Waals surface area contributed by atoms with Gasteiger partial charge in [-0.1, -0.05) is 36.4 Å². The second-order valence-corrected chi connectivity index (χ2v) is 5.77. The largest absolute Gasteiger partial charge is 0.496 e. The summed E-state index contributed by atoms with van der Waals surface area (Å²) in [5.74, 6) is 0.445. The van der Waals surface area contributed by atoms with E-state index in [0.29, 0.717) is 13.0 Å². The Kier molecular flexibility index (Phi) is 4.51. The van der Waals surface area contributed by atoms with Crippen LogP contribution in [0.2, 0.25) is 0 Å². The molecule has 1 atom stereocenters. The van der Waals surface area contributed by atoms with E-state index in [4.69, 9.17) is 4.74 Å². The van der Waals surface area contributed by atoms with Crippen LogP contribution in [0.15, 0.2) is 48.5 Å². The Morgan fingerprint density at radius 3 is 2.62 bits per heavy atom. The maximum Gasteiger partial charge on any atom is 0.243 e. The molecule has 2 aromatic carbocycles. The minimum absolute atomic E-state index is 0.127. The van der Waals surface area contributed by atoms with E-state index >= 15 is 0 Å². The van der Waals surface area contributed by atoms with Gasteiger partial charge in [-0.15, -0.1) is 0 Å². The monoisotopic (exact) mass is 324 g/mol. The number of nitrogens with zero attached hydrogens (tertiary/aromatic N) is 1. The van der Waals surface area contributed by atoms with Crippen LogP contribution in [0.1, 0.15) is 18.1 Å². The number of hydrogen-bond donors (Lipinski definition) is 1. The van der Waals surface area contributed by atoms with Crippen LogP contribution < -0.4 is 15.0 Å². The fraction of sp³-hybridized carbons (Fsp3) is 0.263. The van der Waals surface area contributed by atoms with Crippen LogP contribution in [-0.2, 0) is 22.6 Å². The van der Waals surface area contributed by atoms with Gasteiger partial charge in [0.1, 0.15) is 11.8 Å². The average molecular weight is 324 g/mol. The number of carbonyl (C=O) groups excluding carboxylic acids is 2. The summed E-state index contributed by atoms with van der Waals surface area (Å²) in [6.45, 7) is 1.85. The van der Waals surface area contributed by atoms with E-state index in [1.165, 1.54) is 6.92 Å².